The molecule has 0 unspecified atom stereocenters. The maximum Gasteiger partial charge on any atom is 0.237 e. The zero-order valence-corrected chi connectivity index (χ0v) is 16.1. The molecule has 1 aromatic carbocycles. The molecule has 0 radical (unpaired) electrons. The maximum absolute atomic E-state index is 12.6. The summed E-state index contributed by atoms with van der Waals surface area (Å²) in [6.45, 7) is 8.19. The van der Waals surface area contributed by atoms with Crippen LogP contribution >= 0.6 is 11.8 Å². The lowest BCUT2D eigenvalue weighted by Crippen LogP contribution is -2.23. The molecular weight excluding hydrogens is 358 g/mol. The van der Waals surface area contributed by atoms with Gasteiger partial charge < -0.3 is 5.32 Å². The molecule has 0 saturated heterocycles. The lowest BCUT2D eigenvalue weighted by Gasteiger charge is -2.14. The highest BCUT2D eigenvalue weighted by Gasteiger charge is 2.21. The topological polar surface area (TPSA) is 72.7 Å². The quantitative estimate of drug-likeness (QED) is 0.497. The normalized spacial score (nSPS) is 11.8. The molecule has 3 aromatic rings. The number of rotatable bonds is 7. The number of pyridine rings is 1. The molecule has 0 saturated carbocycles. The highest BCUT2D eigenvalue weighted by Crippen LogP contribution is 2.27. The number of allylic oxidation sites excluding steroid dienone is 1. The number of benzene rings is 1. The number of amides is 1. The van der Waals surface area contributed by atoms with E-state index in [1.807, 2.05) is 54.8 Å². The van der Waals surface area contributed by atoms with Crippen molar-refractivity contribution in [3.63, 3.8) is 0 Å². The van der Waals surface area contributed by atoms with Crippen molar-refractivity contribution in [2.45, 2.75) is 30.8 Å². The zero-order valence-electron chi connectivity index (χ0n) is 15.3. The van der Waals surface area contributed by atoms with E-state index >= 15 is 0 Å². The zero-order chi connectivity index (χ0) is 19.2. The average Bonchev–Trinajstić information content (AvgIpc) is 3.07. The van der Waals surface area contributed by atoms with Crippen LogP contribution in [0.5, 0.6) is 0 Å². The Kier molecular flexibility index (Phi) is 6.03. The number of hydrogen-bond donors (Lipinski definition) is 1. The summed E-state index contributed by atoms with van der Waals surface area (Å²) in [5.74, 6) is 0.652. The summed E-state index contributed by atoms with van der Waals surface area (Å²) in [4.78, 5) is 16.6. The lowest BCUT2D eigenvalue weighted by atomic mass is 10.2. The van der Waals surface area contributed by atoms with Crippen LogP contribution in [0.3, 0.4) is 0 Å². The molecule has 1 amide bonds. The summed E-state index contributed by atoms with van der Waals surface area (Å²) < 4.78 is 1.95. The summed E-state index contributed by atoms with van der Waals surface area (Å²) >= 11 is 1.37. The summed E-state index contributed by atoms with van der Waals surface area (Å²) in [5, 5.41) is 11.9. The fourth-order valence-corrected chi connectivity index (χ4v) is 3.40. The Morgan fingerprint density at radius 2 is 2.00 bits per heavy atom. The van der Waals surface area contributed by atoms with Crippen molar-refractivity contribution in [3.05, 3.63) is 67.0 Å². The smallest absolute Gasteiger partial charge is 0.237 e. The molecule has 0 aliphatic heterocycles. The van der Waals surface area contributed by atoms with Gasteiger partial charge in [0.05, 0.1) is 5.25 Å². The Bertz CT molecular complexity index is 939. The van der Waals surface area contributed by atoms with Crippen molar-refractivity contribution in [3.8, 4) is 11.4 Å². The van der Waals surface area contributed by atoms with Gasteiger partial charge in [0.1, 0.15) is 0 Å². The van der Waals surface area contributed by atoms with Gasteiger partial charge in [-0.2, -0.15) is 0 Å². The van der Waals surface area contributed by atoms with Crippen molar-refractivity contribution < 1.29 is 4.79 Å². The minimum atomic E-state index is -0.331. The second-order valence-electron chi connectivity index (χ2n) is 6.01. The predicted molar refractivity (Wildman–Crippen MR) is 109 cm³/mol. The Morgan fingerprint density at radius 1 is 1.26 bits per heavy atom. The van der Waals surface area contributed by atoms with Gasteiger partial charge in [-0.25, -0.2) is 0 Å². The number of nitrogens with one attached hydrogen (secondary N) is 1. The van der Waals surface area contributed by atoms with Gasteiger partial charge in [0.2, 0.25) is 5.91 Å². The van der Waals surface area contributed by atoms with E-state index in [9.17, 15) is 4.79 Å². The van der Waals surface area contributed by atoms with Crippen molar-refractivity contribution in [2.75, 3.05) is 5.32 Å². The van der Waals surface area contributed by atoms with Crippen LogP contribution < -0.4 is 5.32 Å². The number of aryl methyl sites for hydroxylation is 1. The fraction of sp³-hybridized carbons (Fsp3) is 0.200. The number of para-hydroxylation sites is 1. The first-order valence-corrected chi connectivity index (χ1v) is 9.45. The van der Waals surface area contributed by atoms with Crippen LogP contribution in [-0.4, -0.2) is 30.9 Å². The van der Waals surface area contributed by atoms with Crippen LogP contribution in [0.15, 0.2) is 66.6 Å². The molecule has 0 aliphatic rings. The molecular formula is C20H21N5OS. The molecule has 1 N–H and O–H groups in total. The van der Waals surface area contributed by atoms with E-state index in [1.54, 1.807) is 18.5 Å². The lowest BCUT2D eigenvalue weighted by molar-refractivity contribution is -0.115. The van der Waals surface area contributed by atoms with Crippen LogP contribution in [0.1, 0.15) is 12.5 Å². The summed E-state index contributed by atoms with van der Waals surface area (Å²) in [6, 6.07) is 11.5. The number of nitrogens with zero attached hydrogens (tertiary/aromatic N) is 4. The van der Waals surface area contributed by atoms with Gasteiger partial charge in [-0.1, -0.05) is 36.0 Å². The van der Waals surface area contributed by atoms with Gasteiger partial charge >= 0.3 is 0 Å². The van der Waals surface area contributed by atoms with Gasteiger partial charge in [0, 0.05) is 30.2 Å². The van der Waals surface area contributed by atoms with Crippen LogP contribution in [-0.2, 0) is 11.3 Å². The highest BCUT2D eigenvalue weighted by molar-refractivity contribution is 8.00. The van der Waals surface area contributed by atoms with Gasteiger partial charge in [0.15, 0.2) is 11.0 Å². The van der Waals surface area contributed by atoms with E-state index in [0.717, 1.165) is 22.6 Å². The second kappa shape index (κ2) is 8.64. The van der Waals surface area contributed by atoms with E-state index in [-0.39, 0.29) is 11.2 Å². The minimum absolute atomic E-state index is 0.0760. The van der Waals surface area contributed by atoms with Gasteiger partial charge in [-0.3, -0.25) is 14.3 Å². The van der Waals surface area contributed by atoms with E-state index in [0.29, 0.717) is 11.7 Å². The Balaban J connectivity index is 1.78. The third kappa shape index (κ3) is 4.43. The van der Waals surface area contributed by atoms with Gasteiger partial charge in [0.25, 0.3) is 0 Å². The monoisotopic (exact) mass is 379 g/mol. The van der Waals surface area contributed by atoms with E-state index in [2.05, 4.69) is 27.1 Å². The molecule has 0 fully saturated rings. The molecule has 138 valence electrons. The SMILES string of the molecule is C=CCn1c(S[C@@H](C)C(=O)Nc2ccccc2C)nnc1-c1ccncc1. The summed E-state index contributed by atoms with van der Waals surface area (Å²) in [7, 11) is 0. The first-order chi connectivity index (χ1) is 13.1. The average molecular weight is 379 g/mol. The largest absolute Gasteiger partial charge is 0.325 e. The molecule has 27 heavy (non-hydrogen) atoms. The Morgan fingerprint density at radius 3 is 2.70 bits per heavy atom. The first kappa shape index (κ1) is 18.8. The van der Waals surface area contributed by atoms with E-state index < -0.39 is 0 Å². The molecule has 3 rings (SSSR count). The molecule has 0 aliphatic carbocycles. The van der Waals surface area contributed by atoms with Crippen LogP contribution in [0.25, 0.3) is 11.4 Å². The van der Waals surface area contributed by atoms with Crippen molar-refractivity contribution in [1.82, 2.24) is 19.7 Å². The molecule has 0 bridgehead atoms. The molecule has 7 heteroatoms. The van der Waals surface area contributed by atoms with Gasteiger partial charge in [-0.05, 0) is 37.6 Å². The third-order valence-electron chi connectivity index (χ3n) is 4.02. The molecule has 1 atom stereocenters. The number of carbonyl (C=O) groups is 1. The predicted octanol–water partition coefficient (Wildman–Crippen LogP) is 3.95. The third-order valence-corrected chi connectivity index (χ3v) is 5.10. The maximum atomic E-state index is 12.6. The summed E-state index contributed by atoms with van der Waals surface area (Å²) in [5.41, 5.74) is 2.76. The standard InChI is InChI=1S/C20H21N5OS/c1-4-13-25-18(16-9-11-21-12-10-16)23-24-20(25)27-15(3)19(26)22-17-8-6-5-7-14(17)2/h4-12,15H,1,13H2,2-3H3,(H,22,26)/t15-/m0/s1. The van der Waals surface area contributed by atoms with Crippen molar-refractivity contribution >= 4 is 23.4 Å². The first-order valence-electron chi connectivity index (χ1n) is 8.57. The van der Waals surface area contributed by atoms with Crippen LogP contribution in [0.4, 0.5) is 5.69 Å². The Hall–Kier alpha value is -2.93. The number of aromatic nitrogens is 4. The molecule has 6 nitrogen and oxygen atoms in total. The molecule has 2 aromatic heterocycles. The van der Waals surface area contributed by atoms with E-state index in [1.165, 1.54) is 11.8 Å². The van der Waals surface area contributed by atoms with Crippen LogP contribution in [0.2, 0.25) is 0 Å². The summed E-state index contributed by atoms with van der Waals surface area (Å²) in [6.07, 6.45) is 5.22. The minimum Gasteiger partial charge on any atom is -0.325 e. The van der Waals surface area contributed by atoms with E-state index in [4.69, 9.17) is 0 Å². The molecule has 0 spiro atoms. The highest BCUT2D eigenvalue weighted by atomic mass is 32.2. The van der Waals surface area contributed by atoms with Crippen molar-refractivity contribution in [2.24, 2.45) is 0 Å². The number of thioether (sulfide) groups is 1. The number of hydrogen-bond acceptors (Lipinski definition) is 5. The second-order valence-corrected chi connectivity index (χ2v) is 7.31. The molecule has 2 heterocycles. The number of carbonyl (C=O) groups excluding carboxylic acids is 1. The number of anilines is 1. The fourth-order valence-electron chi connectivity index (χ4n) is 2.54. The van der Waals surface area contributed by atoms with Gasteiger partial charge in [-0.15, -0.1) is 16.8 Å². The Labute approximate surface area is 162 Å². The van der Waals surface area contributed by atoms with Crippen molar-refractivity contribution in [1.29, 1.82) is 0 Å². The van der Waals surface area contributed by atoms with Crippen LogP contribution in [0, 0.1) is 6.92 Å².